The summed E-state index contributed by atoms with van der Waals surface area (Å²) in [5.74, 6) is -0.900. The summed E-state index contributed by atoms with van der Waals surface area (Å²) in [6.07, 6.45) is 0. The van der Waals surface area contributed by atoms with Crippen LogP contribution in [0.2, 0.25) is 0 Å². The molecule has 3 N–H and O–H groups in total. The first-order chi connectivity index (χ1) is 7.09. The third-order valence-corrected chi connectivity index (χ3v) is 2.80. The maximum Gasteiger partial charge on any atom is 0.337 e. The van der Waals surface area contributed by atoms with Gasteiger partial charge in [0.05, 0.1) is 16.9 Å². The number of carboxylic acids is 1. The van der Waals surface area contributed by atoms with Crippen molar-refractivity contribution in [3.05, 3.63) is 23.8 Å². The summed E-state index contributed by atoms with van der Waals surface area (Å²) in [6, 6.07) is 5.76. The van der Waals surface area contributed by atoms with Gasteiger partial charge in [-0.3, -0.25) is 0 Å². The number of fused-ring (bicyclic) bond motifs is 1. The van der Waals surface area contributed by atoms with Gasteiger partial charge in [0.1, 0.15) is 0 Å². The molecular formula is C11H14N2O2. The molecular weight excluding hydrogens is 192 g/mol. The molecule has 1 aromatic carbocycles. The van der Waals surface area contributed by atoms with E-state index in [0.717, 1.165) is 5.69 Å². The Balaban J connectivity index is 2.48. The van der Waals surface area contributed by atoms with Crippen molar-refractivity contribution in [3.63, 3.8) is 0 Å². The number of anilines is 2. The van der Waals surface area contributed by atoms with E-state index in [1.807, 2.05) is 13.0 Å². The Morgan fingerprint density at radius 2 is 1.93 bits per heavy atom. The lowest BCUT2D eigenvalue weighted by Gasteiger charge is -2.32. The number of aromatic carboxylic acids is 1. The van der Waals surface area contributed by atoms with E-state index in [0.29, 0.717) is 17.3 Å². The van der Waals surface area contributed by atoms with Crippen LogP contribution >= 0.6 is 0 Å². The zero-order valence-electron chi connectivity index (χ0n) is 8.74. The highest BCUT2D eigenvalue weighted by atomic mass is 16.4. The van der Waals surface area contributed by atoms with E-state index < -0.39 is 5.97 Å². The molecule has 2 atom stereocenters. The molecule has 0 aromatic heterocycles. The predicted molar refractivity (Wildman–Crippen MR) is 59.6 cm³/mol. The number of rotatable bonds is 1. The maximum atomic E-state index is 11.0. The van der Waals surface area contributed by atoms with Crippen molar-refractivity contribution in [2.45, 2.75) is 25.9 Å². The minimum atomic E-state index is -0.900. The van der Waals surface area contributed by atoms with Crippen molar-refractivity contribution in [2.75, 3.05) is 10.6 Å². The van der Waals surface area contributed by atoms with Crippen LogP contribution in [0.5, 0.6) is 0 Å². The Bertz CT molecular complexity index is 404. The van der Waals surface area contributed by atoms with Gasteiger partial charge in [-0.15, -0.1) is 0 Å². The topological polar surface area (TPSA) is 61.4 Å². The van der Waals surface area contributed by atoms with Crippen LogP contribution < -0.4 is 10.6 Å². The van der Waals surface area contributed by atoms with E-state index in [1.165, 1.54) is 0 Å². The van der Waals surface area contributed by atoms with Crippen molar-refractivity contribution in [2.24, 2.45) is 0 Å². The van der Waals surface area contributed by atoms with Gasteiger partial charge in [-0.25, -0.2) is 4.79 Å². The van der Waals surface area contributed by atoms with Gasteiger partial charge in [-0.1, -0.05) is 6.07 Å². The van der Waals surface area contributed by atoms with Crippen LogP contribution in [-0.4, -0.2) is 23.2 Å². The number of carboxylic acid groups (broad SMARTS) is 1. The molecule has 0 saturated heterocycles. The van der Waals surface area contributed by atoms with Gasteiger partial charge < -0.3 is 15.7 Å². The van der Waals surface area contributed by atoms with Crippen molar-refractivity contribution >= 4 is 17.3 Å². The van der Waals surface area contributed by atoms with E-state index in [2.05, 4.69) is 17.6 Å². The van der Waals surface area contributed by atoms with Crippen LogP contribution in [-0.2, 0) is 0 Å². The highest BCUT2D eigenvalue weighted by Crippen LogP contribution is 2.31. The zero-order valence-corrected chi connectivity index (χ0v) is 8.74. The standard InChI is InChI=1S/C11H14N2O2/c1-6-7(2)13-10-8(11(14)15)4-3-5-9(10)12-6/h3-7,12-13H,1-2H3,(H,14,15)/t6-,7-/m0/s1. The number of hydrogen-bond acceptors (Lipinski definition) is 3. The Morgan fingerprint density at radius 1 is 1.27 bits per heavy atom. The molecule has 1 aliphatic heterocycles. The van der Waals surface area contributed by atoms with Crippen molar-refractivity contribution < 1.29 is 9.90 Å². The van der Waals surface area contributed by atoms with Gasteiger partial charge in [0.2, 0.25) is 0 Å². The second-order valence-corrected chi connectivity index (χ2v) is 3.90. The monoisotopic (exact) mass is 206 g/mol. The van der Waals surface area contributed by atoms with E-state index in [9.17, 15) is 4.79 Å². The van der Waals surface area contributed by atoms with E-state index in [4.69, 9.17) is 5.11 Å². The summed E-state index contributed by atoms with van der Waals surface area (Å²) in [7, 11) is 0. The molecule has 0 bridgehead atoms. The minimum Gasteiger partial charge on any atom is -0.478 e. The molecule has 2 rings (SSSR count). The highest BCUT2D eigenvalue weighted by molar-refractivity contribution is 5.98. The molecule has 0 aliphatic carbocycles. The van der Waals surface area contributed by atoms with Crippen LogP contribution in [0.25, 0.3) is 0 Å². The molecule has 1 aromatic rings. The number of benzene rings is 1. The van der Waals surface area contributed by atoms with Crippen LogP contribution in [0.15, 0.2) is 18.2 Å². The number of para-hydroxylation sites is 1. The molecule has 4 nitrogen and oxygen atoms in total. The molecule has 0 saturated carbocycles. The van der Waals surface area contributed by atoms with Crippen molar-refractivity contribution in [1.29, 1.82) is 0 Å². The van der Waals surface area contributed by atoms with Crippen LogP contribution in [0.4, 0.5) is 11.4 Å². The molecule has 0 amide bonds. The highest BCUT2D eigenvalue weighted by Gasteiger charge is 2.23. The van der Waals surface area contributed by atoms with Gasteiger partial charge in [-0.2, -0.15) is 0 Å². The van der Waals surface area contributed by atoms with Gasteiger partial charge in [-0.05, 0) is 26.0 Å². The lowest BCUT2D eigenvalue weighted by atomic mass is 10.0. The summed E-state index contributed by atoms with van der Waals surface area (Å²) in [5, 5.41) is 15.5. The van der Waals surface area contributed by atoms with Crippen LogP contribution in [0.1, 0.15) is 24.2 Å². The third-order valence-electron chi connectivity index (χ3n) is 2.80. The SMILES string of the molecule is C[C@@H]1Nc2cccc(C(=O)O)c2N[C@H]1C. The average Bonchev–Trinajstić information content (AvgIpc) is 2.18. The van der Waals surface area contributed by atoms with Crippen molar-refractivity contribution in [3.8, 4) is 0 Å². The molecule has 0 fully saturated rings. The Labute approximate surface area is 88.3 Å². The zero-order chi connectivity index (χ0) is 11.0. The normalized spacial score (nSPS) is 23.6. The van der Waals surface area contributed by atoms with Crippen molar-refractivity contribution in [1.82, 2.24) is 0 Å². The fraction of sp³-hybridized carbons (Fsp3) is 0.364. The summed E-state index contributed by atoms with van der Waals surface area (Å²) in [6.45, 7) is 4.09. The quantitative estimate of drug-likeness (QED) is 0.657. The second kappa shape index (κ2) is 3.46. The molecule has 0 radical (unpaired) electrons. The molecule has 0 spiro atoms. The average molecular weight is 206 g/mol. The molecule has 80 valence electrons. The fourth-order valence-corrected chi connectivity index (χ4v) is 1.73. The second-order valence-electron chi connectivity index (χ2n) is 3.90. The predicted octanol–water partition coefficient (Wildman–Crippen LogP) is 2.00. The van der Waals surface area contributed by atoms with Gasteiger partial charge in [0.25, 0.3) is 0 Å². The molecule has 1 aliphatic rings. The molecule has 1 heterocycles. The van der Waals surface area contributed by atoms with E-state index in [1.54, 1.807) is 12.1 Å². The van der Waals surface area contributed by atoms with Crippen LogP contribution in [0, 0.1) is 0 Å². The summed E-state index contributed by atoms with van der Waals surface area (Å²) in [4.78, 5) is 11.0. The molecule has 4 heteroatoms. The molecule has 0 unspecified atom stereocenters. The number of hydrogen-bond donors (Lipinski definition) is 3. The maximum absolute atomic E-state index is 11.0. The minimum absolute atomic E-state index is 0.220. The fourth-order valence-electron chi connectivity index (χ4n) is 1.73. The largest absolute Gasteiger partial charge is 0.478 e. The Morgan fingerprint density at radius 3 is 2.60 bits per heavy atom. The van der Waals surface area contributed by atoms with Gasteiger partial charge in [0.15, 0.2) is 0 Å². The van der Waals surface area contributed by atoms with E-state index in [-0.39, 0.29) is 6.04 Å². The Hall–Kier alpha value is -1.71. The summed E-state index contributed by atoms with van der Waals surface area (Å²) < 4.78 is 0. The summed E-state index contributed by atoms with van der Waals surface area (Å²) in [5.41, 5.74) is 1.87. The number of nitrogens with one attached hydrogen (secondary N) is 2. The lowest BCUT2D eigenvalue weighted by molar-refractivity contribution is 0.0698. The third kappa shape index (κ3) is 1.63. The lowest BCUT2D eigenvalue weighted by Crippen LogP contribution is -2.39. The first-order valence-corrected chi connectivity index (χ1v) is 4.99. The van der Waals surface area contributed by atoms with Gasteiger partial charge in [0, 0.05) is 12.1 Å². The van der Waals surface area contributed by atoms with E-state index >= 15 is 0 Å². The first kappa shape index (κ1) is 9.83. The first-order valence-electron chi connectivity index (χ1n) is 4.99. The van der Waals surface area contributed by atoms with Gasteiger partial charge >= 0.3 is 5.97 Å². The summed E-state index contributed by atoms with van der Waals surface area (Å²) >= 11 is 0. The molecule has 15 heavy (non-hydrogen) atoms. The smallest absolute Gasteiger partial charge is 0.337 e. The van der Waals surface area contributed by atoms with Crippen LogP contribution in [0.3, 0.4) is 0 Å². The Kier molecular flexibility index (Phi) is 2.26. The number of carbonyl (C=O) groups is 1.